The molecule has 0 unspecified atom stereocenters. The summed E-state index contributed by atoms with van der Waals surface area (Å²) in [6.45, 7) is 0.289. The molecule has 0 saturated carbocycles. The van der Waals surface area contributed by atoms with Gasteiger partial charge in [-0.1, -0.05) is 0 Å². The fourth-order valence-corrected chi connectivity index (χ4v) is 0.989. The molecule has 4 N–H and O–H groups in total. The van der Waals surface area contributed by atoms with Crippen molar-refractivity contribution in [1.29, 1.82) is 0 Å². The molecule has 1 aromatic heterocycles. The van der Waals surface area contributed by atoms with Crippen LogP contribution in [0.25, 0.3) is 0 Å². The Kier molecular flexibility index (Phi) is 3.61. The topological polar surface area (TPSA) is 105 Å². The molecule has 80 valence electrons. The predicted octanol–water partition coefficient (Wildman–Crippen LogP) is 0.0671. The van der Waals surface area contributed by atoms with E-state index in [0.717, 1.165) is 0 Å². The number of aliphatic carboxylic acids is 1. The largest absolute Gasteiger partial charge is 0.481 e. The maximum absolute atomic E-state index is 10.8. The highest BCUT2D eigenvalue weighted by atomic mass is 16.4. The van der Waals surface area contributed by atoms with Crippen LogP contribution in [0.3, 0.4) is 0 Å². The highest BCUT2D eigenvalue weighted by Gasteiger charge is 2.02. The van der Waals surface area contributed by atoms with Crippen molar-refractivity contribution in [2.45, 2.75) is 6.42 Å². The molecule has 0 spiro atoms. The molecule has 6 nitrogen and oxygen atoms in total. The number of primary amides is 1. The van der Waals surface area contributed by atoms with E-state index in [9.17, 15) is 9.59 Å². The fourth-order valence-electron chi connectivity index (χ4n) is 0.989. The van der Waals surface area contributed by atoms with E-state index in [1.165, 1.54) is 12.3 Å². The summed E-state index contributed by atoms with van der Waals surface area (Å²) >= 11 is 0. The Labute approximate surface area is 86.1 Å². The molecule has 0 bridgehead atoms. The van der Waals surface area contributed by atoms with Crippen molar-refractivity contribution in [3.05, 3.63) is 24.0 Å². The predicted molar refractivity (Wildman–Crippen MR) is 53.5 cm³/mol. The minimum Gasteiger partial charge on any atom is -0.481 e. The van der Waals surface area contributed by atoms with E-state index < -0.39 is 11.9 Å². The lowest BCUT2D eigenvalue weighted by atomic mass is 10.3. The number of nitrogens with two attached hydrogens (primary N) is 1. The maximum atomic E-state index is 10.8. The van der Waals surface area contributed by atoms with Crippen molar-refractivity contribution in [3.63, 3.8) is 0 Å². The van der Waals surface area contributed by atoms with E-state index in [1.807, 2.05) is 0 Å². The number of anilines is 1. The minimum absolute atomic E-state index is 0.00816. The summed E-state index contributed by atoms with van der Waals surface area (Å²) in [5.74, 6) is -1.50. The number of rotatable bonds is 5. The number of nitrogens with zero attached hydrogens (tertiary/aromatic N) is 1. The summed E-state index contributed by atoms with van der Waals surface area (Å²) in [6.07, 6.45) is 1.44. The first-order valence-electron chi connectivity index (χ1n) is 4.31. The Morgan fingerprint density at radius 1 is 1.53 bits per heavy atom. The molecule has 15 heavy (non-hydrogen) atoms. The summed E-state index contributed by atoms with van der Waals surface area (Å²) in [6, 6.07) is 3.11. The fraction of sp³-hybridized carbons (Fsp3) is 0.222. The standard InChI is InChI=1S/C9H11N3O3/c10-9(15)7-5-6(1-3-12-7)11-4-2-8(13)14/h1,3,5H,2,4H2,(H2,10,15)(H,11,12)(H,13,14). The summed E-state index contributed by atoms with van der Waals surface area (Å²) in [4.78, 5) is 24.8. The van der Waals surface area contributed by atoms with Gasteiger partial charge in [0.1, 0.15) is 5.69 Å². The van der Waals surface area contributed by atoms with Gasteiger partial charge in [0.15, 0.2) is 0 Å². The average Bonchev–Trinajstić information content (AvgIpc) is 2.17. The van der Waals surface area contributed by atoms with Gasteiger partial charge >= 0.3 is 5.97 Å². The number of amides is 1. The summed E-state index contributed by atoms with van der Waals surface area (Å²) in [5, 5.41) is 11.3. The molecule has 1 aromatic rings. The quantitative estimate of drug-likeness (QED) is 0.636. The molecule has 0 saturated heterocycles. The Morgan fingerprint density at radius 3 is 2.87 bits per heavy atom. The zero-order valence-corrected chi connectivity index (χ0v) is 7.93. The maximum Gasteiger partial charge on any atom is 0.305 e. The summed E-state index contributed by atoms with van der Waals surface area (Å²) in [5.41, 5.74) is 5.81. The van der Waals surface area contributed by atoms with E-state index in [1.54, 1.807) is 6.07 Å². The zero-order chi connectivity index (χ0) is 11.3. The van der Waals surface area contributed by atoms with Gasteiger partial charge in [0.05, 0.1) is 6.42 Å². The number of carboxylic acid groups (broad SMARTS) is 1. The van der Waals surface area contributed by atoms with Crippen molar-refractivity contribution >= 4 is 17.6 Å². The smallest absolute Gasteiger partial charge is 0.305 e. The van der Waals surface area contributed by atoms with Gasteiger partial charge in [-0.2, -0.15) is 0 Å². The van der Waals surface area contributed by atoms with E-state index >= 15 is 0 Å². The van der Waals surface area contributed by atoms with Crippen LogP contribution < -0.4 is 11.1 Å². The molecule has 1 rings (SSSR count). The summed E-state index contributed by atoms with van der Waals surface area (Å²) < 4.78 is 0. The molecule has 0 atom stereocenters. The molecule has 0 fully saturated rings. The lowest BCUT2D eigenvalue weighted by Gasteiger charge is -2.04. The number of hydrogen-bond acceptors (Lipinski definition) is 4. The molecule has 0 aliphatic carbocycles. The van der Waals surface area contributed by atoms with Crippen molar-refractivity contribution in [3.8, 4) is 0 Å². The van der Waals surface area contributed by atoms with Crippen molar-refractivity contribution in [2.75, 3.05) is 11.9 Å². The number of aromatic nitrogens is 1. The van der Waals surface area contributed by atoms with E-state index in [2.05, 4.69) is 10.3 Å². The van der Waals surface area contributed by atoms with E-state index in [-0.39, 0.29) is 18.7 Å². The first-order chi connectivity index (χ1) is 7.09. The number of hydrogen-bond donors (Lipinski definition) is 3. The zero-order valence-electron chi connectivity index (χ0n) is 7.93. The van der Waals surface area contributed by atoms with Crippen molar-refractivity contribution in [1.82, 2.24) is 4.98 Å². The molecule has 1 heterocycles. The van der Waals surface area contributed by atoms with Gasteiger partial charge in [0, 0.05) is 18.4 Å². The highest BCUT2D eigenvalue weighted by Crippen LogP contribution is 2.07. The van der Waals surface area contributed by atoms with Crippen LogP contribution in [0.2, 0.25) is 0 Å². The second-order valence-corrected chi connectivity index (χ2v) is 2.86. The second kappa shape index (κ2) is 4.94. The molecule has 0 aliphatic rings. The van der Waals surface area contributed by atoms with Crippen LogP contribution in [0.4, 0.5) is 5.69 Å². The molecule has 1 amide bonds. The number of pyridine rings is 1. The molecule has 0 aromatic carbocycles. The van der Waals surface area contributed by atoms with Crippen LogP contribution in [-0.4, -0.2) is 28.5 Å². The van der Waals surface area contributed by atoms with Gasteiger partial charge in [0.2, 0.25) is 0 Å². The van der Waals surface area contributed by atoms with Gasteiger partial charge in [0.25, 0.3) is 5.91 Å². The van der Waals surface area contributed by atoms with Crippen LogP contribution in [0.5, 0.6) is 0 Å². The third-order valence-corrected chi connectivity index (χ3v) is 1.68. The average molecular weight is 209 g/mol. The summed E-state index contributed by atoms with van der Waals surface area (Å²) in [7, 11) is 0. The Hall–Kier alpha value is -2.11. The number of carbonyl (C=O) groups excluding carboxylic acids is 1. The monoisotopic (exact) mass is 209 g/mol. The van der Waals surface area contributed by atoms with Crippen LogP contribution in [-0.2, 0) is 4.79 Å². The minimum atomic E-state index is -0.883. The lowest BCUT2D eigenvalue weighted by molar-refractivity contribution is -0.136. The first-order valence-corrected chi connectivity index (χ1v) is 4.31. The molecule has 0 radical (unpaired) electrons. The molecule has 6 heteroatoms. The molecule has 0 aliphatic heterocycles. The highest BCUT2D eigenvalue weighted by molar-refractivity contribution is 5.91. The third kappa shape index (κ3) is 3.63. The SMILES string of the molecule is NC(=O)c1cc(NCCC(=O)O)ccn1. The lowest BCUT2D eigenvalue weighted by Crippen LogP contribution is -2.14. The number of nitrogens with one attached hydrogen (secondary N) is 1. The first kappa shape index (κ1) is 11.0. The number of carbonyl (C=O) groups is 2. The van der Waals surface area contributed by atoms with Gasteiger partial charge in [-0.25, -0.2) is 0 Å². The van der Waals surface area contributed by atoms with Crippen molar-refractivity contribution < 1.29 is 14.7 Å². The third-order valence-electron chi connectivity index (χ3n) is 1.68. The van der Waals surface area contributed by atoms with E-state index in [4.69, 9.17) is 10.8 Å². The normalized spacial score (nSPS) is 9.60. The Balaban J connectivity index is 2.58. The van der Waals surface area contributed by atoms with Crippen LogP contribution in [0.1, 0.15) is 16.9 Å². The van der Waals surface area contributed by atoms with Gasteiger partial charge in [-0.05, 0) is 12.1 Å². The van der Waals surface area contributed by atoms with Crippen LogP contribution in [0, 0.1) is 0 Å². The van der Waals surface area contributed by atoms with Crippen LogP contribution >= 0.6 is 0 Å². The van der Waals surface area contributed by atoms with Crippen LogP contribution in [0.15, 0.2) is 18.3 Å². The van der Waals surface area contributed by atoms with E-state index in [0.29, 0.717) is 5.69 Å². The van der Waals surface area contributed by atoms with Crippen molar-refractivity contribution in [2.24, 2.45) is 5.73 Å². The second-order valence-electron chi connectivity index (χ2n) is 2.86. The van der Waals surface area contributed by atoms with Gasteiger partial charge in [-0.3, -0.25) is 14.6 Å². The Bertz CT molecular complexity index is 379. The number of carboxylic acids is 1. The molecular weight excluding hydrogens is 198 g/mol. The van der Waals surface area contributed by atoms with Gasteiger partial charge < -0.3 is 16.2 Å². The van der Waals surface area contributed by atoms with Gasteiger partial charge in [-0.15, -0.1) is 0 Å². The Morgan fingerprint density at radius 2 is 2.27 bits per heavy atom. The molecular formula is C9H11N3O3.